The van der Waals surface area contributed by atoms with Crippen LogP contribution in [0, 0.1) is 0 Å². The fourth-order valence-electron chi connectivity index (χ4n) is 7.68. The minimum Gasteiger partial charge on any atom is -0.455 e. The maximum atomic E-state index is 6.83. The van der Waals surface area contributed by atoms with Crippen LogP contribution >= 0.6 is 0 Å². The van der Waals surface area contributed by atoms with Crippen molar-refractivity contribution in [3.63, 3.8) is 0 Å². The molecule has 0 N–H and O–H groups in total. The topological polar surface area (TPSA) is 48.2 Å². The van der Waals surface area contributed by atoms with Gasteiger partial charge in [-0.3, -0.25) is 0 Å². The van der Waals surface area contributed by atoms with Gasteiger partial charge in [-0.25, -0.2) is 9.97 Å². The predicted molar refractivity (Wildman–Crippen MR) is 204 cm³/mol. The molecule has 232 valence electrons. The number of nitrogens with zero attached hydrogens (tertiary/aromatic N) is 2. The number of benzene rings is 8. The molecule has 50 heavy (non-hydrogen) atoms. The Kier molecular flexibility index (Phi) is 5.63. The van der Waals surface area contributed by atoms with Crippen molar-refractivity contribution in [3.05, 3.63) is 158 Å². The van der Waals surface area contributed by atoms with Crippen molar-refractivity contribution in [3.8, 4) is 56.4 Å². The van der Waals surface area contributed by atoms with Gasteiger partial charge in [-0.05, 0) is 74.5 Å². The van der Waals surface area contributed by atoms with E-state index in [-0.39, 0.29) is 0 Å². The number of hydrogen-bond acceptors (Lipinski definition) is 4. The minimum absolute atomic E-state index is 0.645. The Bertz CT molecular complexity index is 3030. The van der Waals surface area contributed by atoms with E-state index in [1.165, 1.54) is 16.2 Å². The number of furan rings is 1. The lowest BCUT2D eigenvalue weighted by atomic mass is 9.89. The molecule has 0 aliphatic carbocycles. The molecule has 0 radical (unpaired) electrons. The van der Waals surface area contributed by atoms with Crippen LogP contribution in [0.15, 0.2) is 162 Å². The van der Waals surface area contributed by atoms with E-state index >= 15 is 0 Å². The normalized spacial score (nSPS) is 12.2. The van der Waals surface area contributed by atoms with Crippen molar-refractivity contribution < 1.29 is 9.15 Å². The molecule has 1 aliphatic heterocycles. The maximum Gasteiger partial charge on any atom is 0.180 e. The molecule has 0 spiro atoms. The Morgan fingerprint density at radius 3 is 1.94 bits per heavy atom. The molecule has 8 aromatic carbocycles. The standard InChI is InChI=1S/C46H26N2O2/c1-3-11-29-25-31(21-19-27(29)9-1)33-14-7-17-36-34-15-8-16-35-37(23-24-40(41(34)35)50-44(33)36)46-47-42(32-22-20-28-10-2-4-12-30(28)26-32)45-43(48-46)38-13-5-6-18-39(38)49-45/h1-26H. The van der Waals surface area contributed by atoms with Crippen molar-refractivity contribution in [1.82, 2.24) is 9.97 Å². The van der Waals surface area contributed by atoms with E-state index in [1.54, 1.807) is 0 Å². The summed E-state index contributed by atoms with van der Waals surface area (Å²) in [5, 5.41) is 7.82. The highest BCUT2D eigenvalue weighted by Gasteiger charge is 2.26. The first-order valence-corrected chi connectivity index (χ1v) is 16.8. The number of rotatable bonds is 3. The molecule has 4 nitrogen and oxygen atoms in total. The van der Waals surface area contributed by atoms with Gasteiger partial charge in [-0.15, -0.1) is 0 Å². The number of fused-ring (bicyclic) bond motifs is 7. The molecule has 2 aromatic heterocycles. The molecule has 1 aliphatic rings. The Labute approximate surface area is 286 Å². The summed E-state index contributed by atoms with van der Waals surface area (Å²) in [7, 11) is 0. The van der Waals surface area contributed by atoms with Crippen LogP contribution in [0.3, 0.4) is 0 Å². The van der Waals surface area contributed by atoms with Gasteiger partial charge < -0.3 is 9.15 Å². The van der Waals surface area contributed by atoms with Gasteiger partial charge in [-0.2, -0.15) is 0 Å². The van der Waals surface area contributed by atoms with Gasteiger partial charge in [0.1, 0.15) is 28.3 Å². The maximum absolute atomic E-state index is 6.83. The summed E-state index contributed by atoms with van der Waals surface area (Å²) < 4.78 is 13.3. The molecular formula is C46H26N2O2. The first-order valence-electron chi connectivity index (χ1n) is 16.8. The Morgan fingerprint density at radius 2 is 1.10 bits per heavy atom. The van der Waals surface area contributed by atoms with Gasteiger partial charge in [0.2, 0.25) is 0 Å². The summed E-state index contributed by atoms with van der Waals surface area (Å²) in [4.78, 5) is 10.5. The Balaban J connectivity index is 1.13. The summed E-state index contributed by atoms with van der Waals surface area (Å²) in [5.74, 6) is 2.34. The molecule has 0 saturated carbocycles. The fourth-order valence-corrected chi connectivity index (χ4v) is 7.68. The van der Waals surface area contributed by atoms with Crippen LogP contribution in [0.2, 0.25) is 0 Å². The van der Waals surface area contributed by atoms with E-state index in [0.29, 0.717) is 11.4 Å². The first-order chi connectivity index (χ1) is 24.8. The molecule has 11 rings (SSSR count). The third-order valence-electron chi connectivity index (χ3n) is 10.1. The van der Waals surface area contributed by atoms with E-state index < -0.39 is 0 Å². The van der Waals surface area contributed by atoms with Crippen LogP contribution in [0.4, 0.5) is 0 Å². The highest BCUT2D eigenvalue weighted by Crippen LogP contribution is 2.52. The van der Waals surface area contributed by atoms with Crippen molar-refractivity contribution in [2.75, 3.05) is 0 Å². The lowest BCUT2D eigenvalue weighted by Crippen LogP contribution is -2.01. The van der Waals surface area contributed by atoms with Crippen molar-refractivity contribution in [2.45, 2.75) is 0 Å². The zero-order valence-electron chi connectivity index (χ0n) is 26.7. The number of hydrogen-bond donors (Lipinski definition) is 0. The van der Waals surface area contributed by atoms with Gasteiger partial charge in [0.25, 0.3) is 0 Å². The summed E-state index contributed by atoms with van der Waals surface area (Å²) in [6, 6.07) is 55.0. The third kappa shape index (κ3) is 3.99. The zero-order valence-corrected chi connectivity index (χ0v) is 26.7. The smallest absolute Gasteiger partial charge is 0.180 e. The highest BCUT2D eigenvalue weighted by molar-refractivity contribution is 6.12. The van der Waals surface area contributed by atoms with E-state index in [4.69, 9.17) is 19.1 Å². The second-order valence-electron chi connectivity index (χ2n) is 12.9. The lowest BCUT2D eigenvalue weighted by molar-refractivity contribution is 0.489. The van der Waals surface area contributed by atoms with Crippen LogP contribution in [0.25, 0.3) is 99.3 Å². The average molecular weight is 639 g/mol. The first kappa shape index (κ1) is 27.2. The number of aromatic nitrogens is 2. The van der Waals surface area contributed by atoms with E-state index in [0.717, 1.165) is 83.2 Å². The van der Waals surface area contributed by atoms with E-state index in [1.807, 2.05) is 18.2 Å². The van der Waals surface area contributed by atoms with Gasteiger partial charge in [0.05, 0.1) is 0 Å². The molecule has 0 amide bonds. The SMILES string of the molecule is c1cc(-c2ccc3ccccc3c2)c2c(c1)-c1cccc3c(-c4nc(-c5ccc6ccccc6c5)c5oc6ccccc6c5n4)ccc(c13)O2. The van der Waals surface area contributed by atoms with Crippen LogP contribution in [0.5, 0.6) is 11.5 Å². The summed E-state index contributed by atoms with van der Waals surface area (Å²) >= 11 is 0. The second-order valence-corrected chi connectivity index (χ2v) is 12.9. The average Bonchev–Trinajstić information content (AvgIpc) is 3.56. The molecule has 0 bridgehead atoms. The highest BCUT2D eigenvalue weighted by atomic mass is 16.5. The van der Waals surface area contributed by atoms with Gasteiger partial charge in [0.15, 0.2) is 11.4 Å². The Hall–Kier alpha value is -6.78. The molecule has 3 heterocycles. The largest absolute Gasteiger partial charge is 0.455 e. The van der Waals surface area contributed by atoms with Crippen LogP contribution < -0.4 is 4.74 Å². The quantitative estimate of drug-likeness (QED) is 0.193. The molecule has 0 unspecified atom stereocenters. The van der Waals surface area contributed by atoms with Crippen LogP contribution in [-0.4, -0.2) is 9.97 Å². The van der Waals surface area contributed by atoms with E-state index in [9.17, 15) is 0 Å². The van der Waals surface area contributed by atoms with Gasteiger partial charge in [0, 0.05) is 33.0 Å². The van der Waals surface area contributed by atoms with Crippen molar-refractivity contribution in [2.24, 2.45) is 0 Å². The second kappa shape index (κ2) is 10.4. The summed E-state index contributed by atoms with van der Waals surface area (Å²) in [6.07, 6.45) is 0. The third-order valence-corrected chi connectivity index (χ3v) is 10.1. The Morgan fingerprint density at radius 1 is 0.440 bits per heavy atom. The summed E-state index contributed by atoms with van der Waals surface area (Å²) in [6.45, 7) is 0. The summed E-state index contributed by atoms with van der Waals surface area (Å²) in [5.41, 5.74) is 9.38. The predicted octanol–water partition coefficient (Wildman–Crippen LogP) is 12.6. The van der Waals surface area contributed by atoms with Crippen LogP contribution in [-0.2, 0) is 0 Å². The molecule has 0 saturated heterocycles. The minimum atomic E-state index is 0.645. The van der Waals surface area contributed by atoms with E-state index in [2.05, 4.69) is 140 Å². The molecule has 10 aromatic rings. The lowest BCUT2D eigenvalue weighted by Gasteiger charge is -2.24. The molecule has 0 atom stereocenters. The molecular weight excluding hydrogens is 613 g/mol. The van der Waals surface area contributed by atoms with Gasteiger partial charge >= 0.3 is 0 Å². The van der Waals surface area contributed by atoms with Crippen molar-refractivity contribution >= 4 is 54.4 Å². The monoisotopic (exact) mass is 638 g/mol. The molecule has 0 fully saturated rings. The fraction of sp³-hybridized carbons (Fsp3) is 0. The van der Waals surface area contributed by atoms with Crippen LogP contribution in [0.1, 0.15) is 0 Å². The molecule has 4 heteroatoms. The number of para-hydroxylation sites is 2. The number of ether oxygens (including phenoxy) is 1. The van der Waals surface area contributed by atoms with Gasteiger partial charge in [-0.1, -0.05) is 121 Å². The van der Waals surface area contributed by atoms with Crippen molar-refractivity contribution in [1.29, 1.82) is 0 Å². The zero-order chi connectivity index (χ0) is 32.8.